The topological polar surface area (TPSA) is 45.2 Å². The van der Waals surface area contributed by atoms with Crippen molar-refractivity contribution in [2.75, 3.05) is 4.90 Å². The fourth-order valence-electron chi connectivity index (χ4n) is 3.38. The maximum absolute atomic E-state index is 13.1. The van der Waals surface area contributed by atoms with Gasteiger partial charge in [-0.05, 0) is 49.6 Å². The van der Waals surface area contributed by atoms with Gasteiger partial charge in [0.1, 0.15) is 11.6 Å². The summed E-state index contributed by atoms with van der Waals surface area (Å²) >= 11 is 0. The molecule has 2 fully saturated rings. The molecular formula is C19H16FN3O. The number of fused-ring (bicyclic) bond motifs is 1. The fraction of sp³-hybridized carbons (Fsp3) is 0.263. The van der Waals surface area contributed by atoms with Crippen LogP contribution in [0.2, 0.25) is 0 Å². The highest BCUT2D eigenvalue weighted by Gasteiger charge is 2.43. The number of rotatable bonds is 1. The van der Waals surface area contributed by atoms with Crippen LogP contribution in [-0.2, 0) is 0 Å². The van der Waals surface area contributed by atoms with Crippen molar-refractivity contribution < 1.29 is 9.18 Å². The summed E-state index contributed by atoms with van der Waals surface area (Å²) in [6.07, 6.45) is 4.82. The van der Waals surface area contributed by atoms with Crippen LogP contribution < -0.4 is 10.2 Å². The average molecular weight is 321 g/mol. The number of pyridine rings is 1. The van der Waals surface area contributed by atoms with E-state index in [-0.39, 0.29) is 23.9 Å². The van der Waals surface area contributed by atoms with Crippen molar-refractivity contribution in [3.05, 3.63) is 59.5 Å². The first-order chi connectivity index (χ1) is 11.7. The average Bonchev–Trinajstić information content (AvgIpc) is 3.14. The van der Waals surface area contributed by atoms with Gasteiger partial charge in [0.25, 0.3) is 0 Å². The molecule has 2 amide bonds. The molecule has 0 unspecified atom stereocenters. The molecule has 2 aromatic rings. The molecule has 1 N–H and O–H groups in total. The van der Waals surface area contributed by atoms with Gasteiger partial charge in [0, 0.05) is 17.3 Å². The number of carbonyl (C=O) groups excluding carboxylic acids is 1. The third kappa shape index (κ3) is 2.71. The molecule has 2 atom stereocenters. The highest BCUT2D eigenvalue weighted by Crippen LogP contribution is 2.32. The van der Waals surface area contributed by atoms with E-state index in [2.05, 4.69) is 22.1 Å². The van der Waals surface area contributed by atoms with Gasteiger partial charge in [0.05, 0.1) is 12.1 Å². The summed E-state index contributed by atoms with van der Waals surface area (Å²) in [6.45, 7) is 0. The lowest BCUT2D eigenvalue weighted by molar-refractivity contribution is 0.250. The Morgan fingerprint density at radius 1 is 1.17 bits per heavy atom. The van der Waals surface area contributed by atoms with E-state index in [4.69, 9.17) is 0 Å². The first-order valence-electron chi connectivity index (χ1n) is 8.04. The number of amides is 2. The largest absolute Gasteiger partial charge is 0.333 e. The van der Waals surface area contributed by atoms with E-state index in [1.165, 1.54) is 12.1 Å². The molecule has 1 aliphatic carbocycles. The Hall–Kier alpha value is -2.87. The quantitative estimate of drug-likeness (QED) is 0.821. The zero-order chi connectivity index (χ0) is 16.5. The van der Waals surface area contributed by atoms with Crippen molar-refractivity contribution in [2.45, 2.75) is 31.3 Å². The van der Waals surface area contributed by atoms with Gasteiger partial charge in [-0.1, -0.05) is 17.9 Å². The molecule has 1 aromatic carbocycles. The maximum Gasteiger partial charge on any atom is 0.323 e. The molecule has 4 rings (SSSR count). The van der Waals surface area contributed by atoms with E-state index < -0.39 is 0 Å². The molecule has 1 saturated carbocycles. The lowest BCUT2D eigenvalue weighted by Crippen LogP contribution is -2.34. The number of hydrogen-bond acceptors (Lipinski definition) is 2. The number of anilines is 1. The van der Waals surface area contributed by atoms with Crippen LogP contribution in [0.1, 0.15) is 30.4 Å². The minimum atomic E-state index is -0.304. The molecule has 2 heterocycles. The van der Waals surface area contributed by atoms with E-state index in [0.29, 0.717) is 11.4 Å². The normalized spacial score (nSPS) is 21.9. The Labute approximate surface area is 139 Å². The van der Waals surface area contributed by atoms with Crippen LogP contribution in [0.4, 0.5) is 15.0 Å². The van der Waals surface area contributed by atoms with Crippen LogP contribution >= 0.6 is 0 Å². The number of nitrogens with zero attached hydrogens (tertiary/aromatic N) is 2. The van der Waals surface area contributed by atoms with Gasteiger partial charge in [-0.25, -0.2) is 14.2 Å². The van der Waals surface area contributed by atoms with Gasteiger partial charge in [-0.3, -0.25) is 4.90 Å². The van der Waals surface area contributed by atoms with Crippen LogP contribution in [0.15, 0.2) is 42.6 Å². The van der Waals surface area contributed by atoms with E-state index in [1.807, 2.05) is 12.1 Å². The van der Waals surface area contributed by atoms with Crippen molar-refractivity contribution in [1.82, 2.24) is 10.3 Å². The number of hydrogen-bond donors (Lipinski definition) is 1. The molecule has 0 bridgehead atoms. The van der Waals surface area contributed by atoms with Gasteiger partial charge in [-0.2, -0.15) is 0 Å². The second-order valence-corrected chi connectivity index (χ2v) is 6.09. The number of carbonyl (C=O) groups is 1. The van der Waals surface area contributed by atoms with Crippen molar-refractivity contribution in [1.29, 1.82) is 0 Å². The highest BCUT2D eigenvalue weighted by atomic mass is 19.1. The number of nitrogens with one attached hydrogen (secondary N) is 1. The second kappa shape index (κ2) is 5.97. The minimum absolute atomic E-state index is 0.0733. The molecule has 120 valence electrons. The van der Waals surface area contributed by atoms with Crippen LogP contribution in [-0.4, -0.2) is 23.1 Å². The van der Waals surface area contributed by atoms with Crippen LogP contribution in [0.25, 0.3) is 0 Å². The molecule has 24 heavy (non-hydrogen) atoms. The summed E-state index contributed by atoms with van der Waals surface area (Å²) in [5.41, 5.74) is 1.34. The van der Waals surface area contributed by atoms with E-state index in [0.717, 1.165) is 24.8 Å². The molecule has 0 spiro atoms. The fourth-order valence-corrected chi connectivity index (χ4v) is 3.38. The second-order valence-electron chi connectivity index (χ2n) is 6.09. The molecular weight excluding hydrogens is 305 g/mol. The highest BCUT2D eigenvalue weighted by molar-refractivity contribution is 5.94. The van der Waals surface area contributed by atoms with Gasteiger partial charge in [0.15, 0.2) is 0 Å². The molecule has 5 heteroatoms. The summed E-state index contributed by atoms with van der Waals surface area (Å²) < 4.78 is 13.1. The summed E-state index contributed by atoms with van der Waals surface area (Å²) in [5.74, 6) is 6.23. The number of halogens is 1. The lowest BCUT2D eigenvalue weighted by Gasteiger charge is -2.20. The molecule has 2 aliphatic rings. The first kappa shape index (κ1) is 14.7. The zero-order valence-electron chi connectivity index (χ0n) is 13.0. The number of aromatic nitrogens is 1. The van der Waals surface area contributed by atoms with E-state index >= 15 is 0 Å². The summed E-state index contributed by atoms with van der Waals surface area (Å²) in [4.78, 5) is 18.3. The molecule has 0 radical (unpaired) electrons. The maximum atomic E-state index is 13.1. The Morgan fingerprint density at radius 2 is 2.04 bits per heavy atom. The Morgan fingerprint density at radius 3 is 2.83 bits per heavy atom. The SMILES string of the molecule is O=C1N[C@H]2CCC[C@H]2N1c1ccc(C#Cc2cccc(F)c2)cn1. The Kier molecular flexibility index (Phi) is 3.66. The Balaban J connectivity index is 1.54. The smallest absolute Gasteiger partial charge is 0.323 e. The molecule has 1 aliphatic heterocycles. The molecule has 1 aromatic heterocycles. The predicted octanol–water partition coefficient (Wildman–Crippen LogP) is 3.07. The van der Waals surface area contributed by atoms with Gasteiger partial charge in [-0.15, -0.1) is 0 Å². The third-order valence-corrected chi connectivity index (χ3v) is 4.51. The lowest BCUT2D eigenvalue weighted by atomic mass is 10.2. The van der Waals surface area contributed by atoms with Crippen molar-refractivity contribution in [3.63, 3.8) is 0 Å². The number of urea groups is 1. The van der Waals surface area contributed by atoms with Crippen molar-refractivity contribution >= 4 is 11.8 Å². The minimum Gasteiger partial charge on any atom is -0.333 e. The third-order valence-electron chi connectivity index (χ3n) is 4.51. The first-order valence-corrected chi connectivity index (χ1v) is 8.04. The van der Waals surface area contributed by atoms with Gasteiger partial charge < -0.3 is 5.32 Å². The van der Waals surface area contributed by atoms with Crippen LogP contribution in [0.5, 0.6) is 0 Å². The summed E-state index contributed by atoms with van der Waals surface area (Å²) in [7, 11) is 0. The standard InChI is InChI=1S/C19H16FN3O/c20-15-4-1-3-13(11-15)7-8-14-9-10-18(21-12-14)23-17-6-2-5-16(17)22-19(23)24/h1,3-4,9-12,16-17H,2,5-6H2,(H,22,24)/t16-,17+/m0/s1. The zero-order valence-corrected chi connectivity index (χ0v) is 13.0. The van der Waals surface area contributed by atoms with E-state index in [9.17, 15) is 9.18 Å². The van der Waals surface area contributed by atoms with Gasteiger partial charge >= 0.3 is 6.03 Å². The van der Waals surface area contributed by atoms with Crippen molar-refractivity contribution in [2.24, 2.45) is 0 Å². The molecule has 4 nitrogen and oxygen atoms in total. The number of benzene rings is 1. The predicted molar refractivity (Wildman–Crippen MR) is 89.1 cm³/mol. The van der Waals surface area contributed by atoms with Crippen LogP contribution in [0.3, 0.4) is 0 Å². The molecule has 1 saturated heterocycles. The summed E-state index contributed by atoms with van der Waals surface area (Å²) in [6, 6.07) is 10.2. The van der Waals surface area contributed by atoms with Crippen LogP contribution in [0, 0.1) is 17.7 Å². The van der Waals surface area contributed by atoms with Crippen molar-refractivity contribution in [3.8, 4) is 11.8 Å². The Bertz CT molecular complexity index is 838. The van der Waals surface area contributed by atoms with E-state index in [1.54, 1.807) is 23.2 Å². The van der Waals surface area contributed by atoms with Gasteiger partial charge in [0.2, 0.25) is 0 Å². The summed E-state index contributed by atoms with van der Waals surface area (Å²) in [5, 5.41) is 3.01. The monoisotopic (exact) mass is 321 g/mol.